The maximum atomic E-state index is 11.2. The van der Waals surface area contributed by atoms with Crippen molar-refractivity contribution in [2.45, 2.75) is 20.3 Å². The Bertz CT molecular complexity index is 392. The zero-order valence-corrected chi connectivity index (χ0v) is 7.40. The lowest BCUT2D eigenvalue weighted by Crippen LogP contribution is -2.13. The third-order valence-corrected chi connectivity index (χ3v) is 1.73. The van der Waals surface area contributed by atoms with E-state index in [9.17, 15) is 4.79 Å². The van der Waals surface area contributed by atoms with E-state index in [4.69, 9.17) is 0 Å². The summed E-state index contributed by atoms with van der Waals surface area (Å²) in [4.78, 5) is 11.2. The van der Waals surface area contributed by atoms with Gasteiger partial charge in [-0.2, -0.15) is 9.78 Å². The van der Waals surface area contributed by atoms with Crippen molar-refractivity contribution < 1.29 is 4.79 Å². The molecule has 2 rings (SSSR count). The number of fused-ring (bicyclic) bond motifs is 1. The molecule has 1 aliphatic rings. The number of hydrogen-bond donors (Lipinski definition) is 1. The van der Waals surface area contributed by atoms with Gasteiger partial charge in [0.1, 0.15) is 0 Å². The van der Waals surface area contributed by atoms with E-state index in [0.29, 0.717) is 18.2 Å². The van der Waals surface area contributed by atoms with Gasteiger partial charge < -0.3 is 0 Å². The van der Waals surface area contributed by atoms with Crippen molar-refractivity contribution in [3.63, 3.8) is 0 Å². The van der Waals surface area contributed by atoms with E-state index < -0.39 is 0 Å². The first kappa shape index (κ1) is 7.90. The lowest BCUT2D eigenvalue weighted by Gasteiger charge is -1.97. The van der Waals surface area contributed by atoms with Crippen molar-refractivity contribution in [1.82, 2.24) is 14.9 Å². The number of carbonyl (C=O) groups excluding carboxylic acids is 1. The molecule has 6 nitrogen and oxygen atoms in total. The van der Waals surface area contributed by atoms with Gasteiger partial charge in [0.2, 0.25) is 5.91 Å². The molecule has 1 N–H and O–H groups in total. The summed E-state index contributed by atoms with van der Waals surface area (Å²) >= 11 is 0. The molecule has 0 radical (unpaired) electrons. The van der Waals surface area contributed by atoms with Crippen LogP contribution in [0.25, 0.3) is 0 Å². The minimum absolute atomic E-state index is 0.104. The third-order valence-electron chi connectivity index (χ3n) is 1.73. The molecule has 0 fully saturated rings. The van der Waals surface area contributed by atoms with E-state index in [2.05, 4.69) is 20.6 Å². The predicted octanol–water partition coefficient (Wildman–Crippen LogP) is 0.153. The van der Waals surface area contributed by atoms with Gasteiger partial charge in [0.15, 0.2) is 5.82 Å². The molecule has 1 aliphatic heterocycles. The summed E-state index contributed by atoms with van der Waals surface area (Å²) in [7, 11) is 0. The molecule has 68 valence electrons. The van der Waals surface area contributed by atoms with Gasteiger partial charge in [0.05, 0.1) is 6.42 Å². The number of hydrogen-bond acceptors (Lipinski definition) is 4. The van der Waals surface area contributed by atoms with Crippen LogP contribution in [0.2, 0.25) is 0 Å². The normalized spacial score (nSPS) is 15.8. The van der Waals surface area contributed by atoms with Crippen molar-refractivity contribution >= 4 is 17.6 Å². The first-order valence-electron chi connectivity index (χ1n) is 3.93. The van der Waals surface area contributed by atoms with Crippen LogP contribution in [0.1, 0.15) is 19.2 Å². The lowest BCUT2D eigenvalue weighted by molar-refractivity contribution is -0.115. The maximum Gasteiger partial charge on any atom is 0.252 e. The number of aryl methyl sites for hydroxylation is 1. The Morgan fingerprint density at radius 2 is 2.15 bits per heavy atom. The van der Waals surface area contributed by atoms with Gasteiger partial charge in [-0.05, 0) is 13.8 Å². The first-order valence-corrected chi connectivity index (χ1v) is 3.93. The molecule has 1 aromatic rings. The van der Waals surface area contributed by atoms with E-state index in [-0.39, 0.29) is 5.91 Å². The summed E-state index contributed by atoms with van der Waals surface area (Å²) in [6.45, 7) is 3.58. The van der Waals surface area contributed by atoms with E-state index in [0.717, 1.165) is 5.71 Å². The van der Waals surface area contributed by atoms with Crippen molar-refractivity contribution in [2.75, 3.05) is 5.32 Å². The highest BCUT2D eigenvalue weighted by Crippen LogP contribution is 2.10. The topological polar surface area (TPSA) is 72.2 Å². The van der Waals surface area contributed by atoms with Crippen LogP contribution in [0.4, 0.5) is 5.95 Å². The highest BCUT2D eigenvalue weighted by atomic mass is 16.1. The lowest BCUT2D eigenvalue weighted by atomic mass is 10.3. The van der Waals surface area contributed by atoms with E-state index >= 15 is 0 Å². The Hall–Kier alpha value is -1.72. The highest BCUT2D eigenvalue weighted by Gasteiger charge is 2.16. The summed E-state index contributed by atoms with van der Waals surface area (Å²) in [5.41, 5.74) is 0.749. The van der Waals surface area contributed by atoms with E-state index in [1.165, 1.54) is 4.68 Å². The van der Waals surface area contributed by atoms with Crippen LogP contribution in [-0.4, -0.2) is 26.5 Å². The predicted molar refractivity (Wildman–Crippen MR) is 46.5 cm³/mol. The van der Waals surface area contributed by atoms with Crippen LogP contribution in [0.5, 0.6) is 0 Å². The molecule has 0 aromatic carbocycles. The molecule has 0 saturated heterocycles. The SMILES string of the molecule is CC1=Nn2c(C)nnc2NC(=O)C1. The number of aromatic nitrogens is 3. The molecule has 1 aromatic heterocycles. The summed E-state index contributed by atoms with van der Waals surface area (Å²) in [6, 6.07) is 0. The molecule has 1 amide bonds. The summed E-state index contributed by atoms with van der Waals surface area (Å²) in [5.74, 6) is 0.948. The van der Waals surface area contributed by atoms with E-state index in [1.807, 2.05) is 0 Å². The van der Waals surface area contributed by atoms with Crippen LogP contribution in [0.15, 0.2) is 5.10 Å². The Balaban J connectivity index is 2.54. The monoisotopic (exact) mass is 179 g/mol. The van der Waals surface area contributed by atoms with Gasteiger partial charge in [-0.1, -0.05) is 0 Å². The van der Waals surface area contributed by atoms with Gasteiger partial charge in [-0.15, -0.1) is 10.2 Å². The Morgan fingerprint density at radius 1 is 1.38 bits per heavy atom. The van der Waals surface area contributed by atoms with Crippen molar-refractivity contribution in [3.8, 4) is 0 Å². The fraction of sp³-hybridized carbons (Fsp3) is 0.429. The Kier molecular flexibility index (Phi) is 1.61. The fourth-order valence-electron chi connectivity index (χ4n) is 1.16. The number of nitrogens with one attached hydrogen (secondary N) is 1. The van der Waals surface area contributed by atoms with Crippen molar-refractivity contribution in [3.05, 3.63) is 5.82 Å². The minimum atomic E-state index is -0.104. The molecule has 0 saturated carbocycles. The Labute approximate surface area is 74.7 Å². The van der Waals surface area contributed by atoms with Crippen LogP contribution < -0.4 is 5.32 Å². The molecule has 6 heteroatoms. The largest absolute Gasteiger partial charge is 0.293 e. The van der Waals surface area contributed by atoms with Gasteiger partial charge in [-0.3, -0.25) is 10.1 Å². The average molecular weight is 179 g/mol. The number of anilines is 1. The van der Waals surface area contributed by atoms with Crippen LogP contribution in [0.3, 0.4) is 0 Å². The fourth-order valence-corrected chi connectivity index (χ4v) is 1.16. The molecular weight excluding hydrogens is 170 g/mol. The van der Waals surface area contributed by atoms with Crippen molar-refractivity contribution in [1.29, 1.82) is 0 Å². The number of nitrogens with zero attached hydrogens (tertiary/aromatic N) is 4. The smallest absolute Gasteiger partial charge is 0.252 e. The summed E-state index contributed by atoms with van der Waals surface area (Å²) in [5, 5.41) is 14.4. The van der Waals surface area contributed by atoms with Gasteiger partial charge in [0.25, 0.3) is 5.95 Å². The standard InChI is InChI=1S/C7H9N5O/c1-4-3-6(13)8-7-10-9-5(2)12(7)11-4/h3H2,1-2H3,(H,8,10,13). The first-order chi connectivity index (χ1) is 6.16. The van der Waals surface area contributed by atoms with Gasteiger partial charge >= 0.3 is 0 Å². The second kappa shape index (κ2) is 2.65. The molecule has 0 unspecified atom stereocenters. The number of carbonyl (C=O) groups is 1. The molecule has 0 spiro atoms. The minimum Gasteiger partial charge on any atom is -0.293 e. The van der Waals surface area contributed by atoms with Crippen LogP contribution in [0, 0.1) is 6.92 Å². The zero-order valence-electron chi connectivity index (χ0n) is 7.40. The Morgan fingerprint density at radius 3 is 2.92 bits per heavy atom. The van der Waals surface area contributed by atoms with E-state index in [1.54, 1.807) is 13.8 Å². The number of amides is 1. The van der Waals surface area contributed by atoms with Crippen molar-refractivity contribution in [2.24, 2.45) is 5.10 Å². The zero-order chi connectivity index (χ0) is 9.42. The number of rotatable bonds is 0. The molecule has 0 bridgehead atoms. The highest BCUT2D eigenvalue weighted by molar-refractivity contribution is 6.05. The summed E-state index contributed by atoms with van der Waals surface area (Å²) in [6.07, 6.45) is 0.308. The van der Waals surface area contributed by atoms with Gasteiger partial charge in [-0.25, -0.2) is 0 Å². The third kappa shape index (κ3) is 1.30. The maximum absolute atomic E-state index is 11.2. The average Bonchev–Trinajstić information content (AvgIpc) is 2.32. The molecule has 0 atom stereocenters. The van der Waals surface area contributed by atoms with Crippen LogP contribution in [-0.2, 0) is 4.79 Å². The summed E-state index contributed by atoms with van der Waals surface area (Å²) < 4.78 is 1.53. The molecular formula is C7H9N5O. The van der Waals surface area contributed by atoms with Crippen LogP contribution >= 0.6 is 0 Å². The molecule has 0 aliphatic carbocycles. The van der Waals surface area contributed by atoms with Gasteiger partial charge in [0, 0.05) is 5.71 Å². The molecule has 2 heterocycles. The second-order valence-electron chi connectivity index (χ2n) is 2.94. The molecule has 13 heavy (non-hydrogen) atoms. The second-order valence-corrected chi connectivity index (χ2v) is 2.94. The quantitative estimate of drug-likeness (QED) is 0.616.